The van der Waals surface area contributed by atoms with Crippen LogP contribution < -0.4 is 5.73 Å². The van der Waals surface area contributed by atoms with Gasteiger partial charge >= 0.3 is 5.97 Å². The molecule has 0 radical (unpaired) electrons. The summed E-state index contributed by atoms with van der Waals surface area (Å²) in [6.07, 6.45) is 0.0342. The number of carbonyl (C=O) groups is 3. The van der Waals surface area contributed by atoms with Gasteiger partial charge in [0.1, 0.15) is 11.8 Å². The van der Waals surface area contributed by atoms with E-state index in [4.69, 9.17) is 28.9 Å². The van der Waals surface area contributed by atoms with E-state index < -0.39 is 62.1 Å². The standard InChI is InChI=1S/C21H23Cl2N3O6S/c1-20(2,10-33(31,32)15-4-3-12(22)6-13(15)23)17(27)11-5-14(18(28)29)26(8-11)16-7-21(16,9-24)19(25)30/h3-4,6,11,14,16H,5,7-8,10H2,1-2H3,(H2,25,30)(H,28,29)/t11-,14+,16?,21?/m1/s1. The number of nitrogens with two attached hydrogens (primary N) is 1. The van der Waals surface area contributed by atoms with Crippen LogP contribution >= 0.6 is 23.2 Å². The summed E-state index contributed by atoms with van der Waals surface area (Å²) in [7, 11) is -3.97. The number of Topliss-reactive ketones (excluding diaryl/α,β-unsaturated/α-hetero) is 1. The molecule has 1 aliphatic heterocycles. The van der Waals surface area contributed by atoms with E-state index in [1.54, 1.807) is 0 Å². The van der Waals surface area contributed by atoms with Crippen LogP contribution in [0.1, 0.15) is 26.7 Å². The Morgan fingerprint density at radius 2 is 1.97 bits per heavy atom. The number of ketones is 1. The van der Waals surface area contributed by atoms with E-state index in [0.717, 1.165) is 0 Å². The van der Waals surface area contributed by atoms with E-state index in [-0.39, 0.29) is 34.3 Å². The van der Waals surface area contributed by atoms with Gasteiger partial charge in [0.2, 0.25) is 5.91 Å². The smallest absolute Gasteiger partial charge is 0.320 e. The van der Waals surface area contributed by atoms with Gasteiger partial charge < -0.3 is 10.8 Å². The first-order valence-electron chi connectivity index (χ1n) is 10.1. The second-order valence-corrected chi connectivity index (χ2v) is 12.0. The van der Waals surface area contributed by atoms with Crippen molar-refractivity contribution < 1.29 is 27.9 Å². The van der Waals surface area contributed by atoms with Crippen molar-refractivity contribution in [2.24, 2.45) is 22.5 Å². The number of carboxylic acid groups (broad SMARTS) is 1. The van der Waals surface area contributed by atoms with Gasteiger partial charge in [-0.25, -0.2) is 8.42 Å². The lowest BCUT2D eigenvalue weighted by Gasteiger charge is -2.26. The molecule has 1 heterocycles. The molecular weight excluding hydrogens is 493 g/mol. The third-order valence-electron chi connectivity index (χ3n) is 6.41. The monoisotopic (exact) mass is 515 g/mol. The van der Waals surface area contributed by atoms with E-state index in [9.17, 15) is 33.2 Å². The second-order valence-electron chi connectivity index (χ2n) is 9.23. The number of nitrogens with zero attached hydrogens (tertiary/aromatic N) is 2. The zero-order valence-electron chi connectivity index (χ0n) is 17.9. The van der Waals surface area contributed by atoms with Crippen LogP contribution in [0.4, 0.5) is 0 Å². The Morgan fingerprint density at radius 1 is 1.33 bits per heavy atom. The molecule has 1 saturated carbocycles. The molecule has 1 saturated heterocycles. The highest BCUT2D eigenvalue weighted by atomic mass is 35.5. The van der Waals surface area contributed by atoms with Gasteiger partial charge in [0.15, 0.2) is 15.3 Å². The zero-order valence-corrected chi connectivity index (χ0v) is 20.2. The summed E-state index contributed by atoms with van der Waals surface area (Å²) in [6, 6.07) is 4.05. The lowest BCUT2D eigenvalue weighted by Crippen LogP contribution is -2.42. The van der Waals surface area contributed by atoms with Gasteiger partial charge in [0.05, 0.1) is 21.7 Å². The normalized spacial score (nSPS) is 27.7. The maximum Gasteiger partial charge on any atom is 0.320 e. The molecule has 2 unspecified atom stereocenters. The number of amides is 1. The summed E-state index contributed by atoms with van der Waals surface area (Å²) >= 11 is 11.9. The Balaban J connectivity index is 1.82. The van der Waals surface area contributed by atoms with Gasteiger partial charge in [-0.05, 0) is 31.0 Å². The first-order valence-corrected chi connectivity index (χ1v) is 12.5. The quantitative estimate of drug-likeness (QED) is 0.530. The number of sulfone groups is 1. The van der Waals surface area contributed by atoms with Crippen LogP contribution in [-0.2, 0) is 24.2 Å². The van der Waals surface area contributed by atoms with Crippen molar-refractivity contribution in [3.05, 3.63) is 28.2 Å². The number of aliphatic carboxylic acids is 1. The van der Waals surface area contributed by atoms with Crippen LogP contribution in [0.5, 0.6) is 0 Å². The molecule has 1 aromatic rings. The van der Waals surface area contributed by atoms with Gasteiger partial charge in [-0.3, -0.25) is 19.3 Å². The van der Waals surface area contributed by atoms with Crippen molar-refractivity contribution >= 4 is 50.7 Å². The Bertz CT molecular complexity index is 1180. The molecule has 3 N–H and O–H groups in total. The number of rotatable bonds is 8. The minimum absolute atomic E-state index is 0.0116. The fourth-order valence-corrected chi connectivity index (χ4v) is 7.27. The Hall–Kier alpha value is -2.19. The molecule has 4 atom stereocenters. The minimum atomic E-state index is -3.97. The molecule has 0 bridgehead atoms. The van der Waals surface area contributed by atoms with Gasteiger partial charge in [-0.2, -0.15) is 5.26 Å². The van der Waals surface area contributed by atoms with E-state index in [2.05, 4.69) is 0 Å². The largest absolute Gasteiger partial charge is 0.480 e. The SMILES string of the molecule is CC(C)(CS(=O)(=O)c1ccc(Cl)cc1Cl)C(=O)[C@@H]1C[C@@H](C(=O)O)N(C2CC2(C#N)C(N)=O)C1. The van der Waals surface area contributed by atoms with Crippen LogP contribution in [0.3, 0.4) is 0 Å². The molecule has 0 aromatic heterocycles. The molecule has 1 aromatic carbocycles. The third-order valence-corrected chi connectivity index (χ3v) is 9.19. The van der Waals surface area contributed by atoms with E-state index in [1.165, 1.54) is 36.9 Å². The molecule has 1 aliphatic carbocycles. The lowest BCUT2D eigenvalue weighted by atomic mass is 9.82. The fraction of sp³-hybridized carbons (Fsp3) is 0.524. The van der Waals surface area contributed by atoms with Crippen LogP contribution in [0.25, 0.3) is 0 Å². The molecule has 9 nitrogen and oxygen atoms in total. The number of hydrogen-bond donors (Lipinski definition) is 2. The van der Waals surface area contributed by atoms with Crippen molar-refractivity contribution in [1.29, 1.82) is 5.26 Å². The fourth-order valence-electron chi connectivity index (χ4n) is 4.63. The Kier molecular flexibility index (Phi) is 6.59. The number of carbonyl (C=O) groups excluding carboxylic acids is 2. The topological polar surface area (TPSA) is 159 Å². The summed E-state index contributed by atoms with van der Waals surface area (Å²) in [5.41, 5.74) is 2.51. The average Bonchev–Trinajstić information content (AvgIpc) is 3.28. The Labute approximate surface area is 201 Å². The third kappa shape index (κ3) is 4.60. The van der Waals surface area contributed by atoms with Gasteiger partial charge in [-0.15, -0.1) is 0 Å². The van der Waals surface area contributed by atoms with Crippen molar-refractivity contribution in [3.63, 3.8) is 0 Å². The summed E-state index contributed by atoms with van der Waals surface area (Å²) < 4.78 is 26.0. The number of nitriles is 1. The number of carboxylic acids is 1. The van der Waals surface area contributed by atoms with Crippen molar-refractivity contribution in [3.8, 4) is 6.07 Å². The van der Waals surface area contributed by atoms with Gasteiger partial charge in [0, 0.05) is 28.9 Å². The van der Waals surface area contributed by atoms with Crippen molar-refractivity contribution in [2.75, 3.05) is 12.3 Å². The van der Waals surface area contributed by atoms with Crippen molar-refractivity contribution in [1.82, 2.24) is 4.90 Å². The highest BCUT2D eigenvalue weighted by molar-refractivity contribution is 7.91. The molecule has 12 heteroatoms. The first-order chi connectivity index (χ1) is 15.2. The molecule has 178 valence electrons. The van der Waals surface area contributed by atoms with E-state index in [0.29, 0.717) is 0 Å². The van der Waals surface area contributed by atoms with Crippen LogP contribution in [0.15, 0.2) is 23.1 Å². The predicted molar refractivity (Wildman–Crippen MR) is 119 cm³/mol. The lowest BCUT2D eigenvalue weighted by molar-refractivity contribution is -0.142. The van der Waals surface area contributed by atoms with Gasteiger partial charge in [0.25, 0.3) is 0 Å². The molecule has 33 heavy (non-hydrogen) atoms. The number of benzene rings is 1. The number of primary amides is 1. The van der Waals surface area contributed by atoms with Crippen LogP contribution in [0, 0.1) is 28.1 Å². The number of halogens is 2. The molecule has 2 fully saturated rings. The maximum atomic E-state index is 13.3. The predicted octanol–water partition coefficient (Wildman–Crippen LogP) is 1.91. The van der Waals surface area contributed by atoms with E-state index >= 15 is 0 Å². The molecule has 0 spiro atoms. The highest BCUT2D eigenvalue weighted by Gasteiger charge is 2.65. The number of likely N-dealkylation sites (tertiary alicyclic amines) is 1. The minimum Gasteiger partial charge on any atom is -0.480 e. The summed E-state index contributed by atoms with van der Waals surface area (Å²) in [5, 5.41) is 19.3. The van der Waals surface area contributed by atoms with Crippen LogP contribution in [0.2, 0.25) is 10.0 Å². The Morgan fingerprint density at radius 3 is 2.45 bits per heavy atom. The van der Waals surface area contributed by atoms with Crippen molar-refractivity contribution in [2.45, 2.75) is 43.7 Å². The average molecular weight is 516 g/mol. The molecule has 2 aliphatic rings. The van der Waals surface area contributed by atoms with Crippen LogP contribution in [-0.4, -0.2) is 60.5 Å². The summed E-state index contributed by atoms with van der Waals surface area (Å²) in [4.78, 5) is 38.2. The second kappa shape index (κ2) is 8.55. The molecule has 3 rings (SSSR count). The summed E-state index contributed by atoms with van der Waals surface area (Å²) in [6.45, 7) is 2.95. The highest BCUT2D eigenvalue weighted by Crippen LogP contribution is 2.52. The summed E-state index contributed by atoms with van der Waals surface area (Å²) in [5.74, 6) is -3.78. The molecule has 1 amide bonds. The molecular formula is C21H23Cl2N3O6S. The zero-order chi connectivity index (χ0) is 24.9. The van der Waals surface area contributed by atoms with E-state index in [1.807, 2.05) is 6.07 Å². The van der Waals surface area contributed by atoms with Gasteiger partial charge in [-0.1, -0.05) is 37.0 Å². The first kappa shape index (κ1) is 25.4. The maximum absolute atomic E-state index is 13.3. The number of hydrogen-bond acceptors (Lipinski definition) is 7.